The third-order valence-corrected chi connectivity index (χ3v) is 4.49. The Hall–Kier alpha value is -2.66. The summed E-state index contributed by atoms with van der Waals surface area (Å²) in [5.41, 5.74) is 15.8. The fourth-order valence-corrected chi connectivity index (χ4v) is 2.46. The minimum Gasteiger partial charge on any atom is -0.399 e. The quantitative estimate of drug-likeness (QED) is 0.230. The van der Waals surface area contributed by atoms with Crippen molar-refractivity contribution < 1.29 is 14.2 Å². The number of nitrogens with zero attached hydrogens (tertiary/aromatic N) is 3. The van der Waals surface area contributed by atoms with Gasteiger partial charge in [-0.1, -0.05) is 6.07 Å². The van der Waals surface area contributed by atoms with E-state index in [4.69, 9.17) is 26.5 Å². The van der Waals surface area contributed by atoms with Crippen molar-refractivity contribution in [2.24, 2.45) is 27.2 Å². The molecule has 0 amide bonds. The molecular formula is C15H23BN6O4. The fourth-order valence-electron chi connectivity index (χ4n) is 2.46. The molecule has 11 heteroatoms. The summed E-state index contributed by atoms with van der Waals surface area (Å²) in [6.45, 7) is 9.29. The number of benzene rings is 1. The van der Waals surface area contributed by atoms with Gasteiger partial charge in [-0.2, -0.15) is 4.99 Å². The number of hydrogen-bond donors (Lipinski definition) is 3. The van der Waals surface area contributed by atoms with Crippen LogP contribution in [0.4, 0.5) is 11.4 Å². The molecule has 1 aliphatic heterocycles. The van der Waals surface area contributed by atoms with Gasteiger partial charge >= 0.3 is 7.12 Å². The van der Waals surface area contributed by atoms with Gasteiger partial charge in [0.15, 0.2) is 5.96 Å². The van der Waals surface area contributed by atoms with Crippen molar-refractivity contribution >= 4 is 35.9 Å². The highest BCUT2D eigenvalue weighted by atomic mass is 16.7. The van der Waals surface area contributed by atoms with Crippen molar-refractivity contribution in [2.45, 2.75) is 45.8 Å². The van der Waals surface area contributed by atoms with Gasteiger partial charge < -0.3 is 26.5 Å². The van der Waals surface area contributed by atoms with Gasteiger partial charge in [-0.3, -0.25) is 10.1 Å². The van der Waals surface area contributed by atoms with Crippen LogP contribution in [0.3, 0.4) is 0 Å². The Kier molecular flexibility index (Phi) is 4.97. The Balaban J connectivity index is 2.51. The smallest absolute Gasteiger partial charge is 0.399 e. The second-order valence-electron chi connectivity index (χ2n) is 7.06. The molecule has 0 aliphatic carbocycles. The Bertz CT molecular complexity index is 786. The van der Waals surface area contributed by atoms with Crippen LogP contribution in [0.15, 0.2) is 22.1 Å². The maximum Gasteiger partial charge on any atom is 0.495 e. The van der Waals surface area contributed by atoms with Crippen molar-refractivity contribution in [3.63, 3.8) is 0 Å². The highest BCUT2D eigenvalue weighted by molar-refractivity contribution is 6.62. The number of rotatable bonds is 3. The fraction of sp³-hybridized carbons (Fsp3) is 0.467. The lowest BCUT2D eigenvalue weighted by atomic mass is 9.78. The summed E-state index contributed by atoms with van der Waals surface area (Å²) in [5.74, 6) is -0.569. The molecule has 0 atom stereocenters. The lowest BCUT2D eigenvalue weighted by Gasteiger charge is -2.32. The Morgan fingerprint density at radius 3 is 2.15 bits per heavy atom. The van der Waals surface area contributed by atoms with Crippen LogP contribution in [0.2, 0.25) is 0 Å². The highest BCUT2D eigenvalue weighted by Gasteiger charge is 2.52. The molecule has 0 bridgehead atoms. The summed E-state index contributed by atoms with van der Waals surface area (Å²) in [5, 5.41) is 11.5. The lowest BCUT2D eigenvalue weighted by molar-refractivity contribution is -0.384. The molecule has 140 valence electrons. The average molecular weight is 362 g/mol. The zero-order valence-electron chi connectivity index (χ0n) is 15.4. The second kappa shape index (κ2) is 6.58. The number of aliphatic imine (C=N–C) groups is 2. The van der Waals surface area contributed by atoms with Gasteiger partial charge in [-0.25, -0.2) is 4.99 Å². The molecule has 0 saturated carbocycles. The molecule has 1 aromatic carbocycles. The van der Waals surface area contributed by atoms with E-state index in [0.717, 1.165) is 0 Å². The lowest BCUT2D eigenvalue weighted by Crippen LogP contribution is -2.41. The molecule has 0 spiro atoms. The molecule has 1 aliphatic rings. The molecule has 1 fully saturated rings. The van der Waals surface area contributed by atoms with Crippen LogP contribution < -0.4 is 22.7 Å². The predicted molar refractivity (Wildman–Crippen MR) is 101 cm³/mol. The molecule has 0 unspecified atom stereocenters. The topological polar surface area (TPSA) is 164 Å². The molecule has 0 aromatic heterocycles. The molecule has 1 aromatic rings. The largest absolute Gasteiger partial charge is 0.495 e. The van der Waals surface area contributed by atoms with E-state index >= 15 is 0 Å². The first kappa shape index (κ1) is 19.7. The minimum absolute atomic E-state index is 0.0674. The van der Waals surface area contributed by atoms with E-state index < -0.39 is 23.2 Å². The first-order valence-corrected chi connectivity index (χ1v) is 7.92. The monoisotopic (exact) mass is 362 g/mol. The summed E-state index contributed by atoms with van der Waals surface area (Å²) < 4.78 is 11.9. The van der Waals surface area contributed by atoms with Crippen molar-refractivity contribution in [2.75, 3.05) is 0 Å². The number of nitrogens with two attached hydrogens (primary N) is 3. The van der Waals surface area contributed by atoms with Gasteiger partial charge in [-0.15, -0.1) is 0 Å². The van der Waals surface area contributed by atoms with Gasteiger partial charge in [0.1, 0.15) is 5.69 Å². The average Bonchev–Trinajstić information content (AvgIpc) is 2.68. The van der Waals surface area contributed by atoms with Crippen LogP contribution in [-0.2, 0) is 9.31 Å². The molecule has 6 N–H and O–H groups in total. The molecule has 10 nitrogen and oxygen atoms in total. The van der Waals surface area contributed by atoms with E-state index in [1.165, 1.54) is 6.07 Å². The number of aryl methyl sites for hydroxylation is 1. The first-order chi connectivity index (χ1) is 11.8. The molecule has 0 radical (unpaired) electrons. The van der Waals surface area contributed by atoms with Crippen LogP contribution in [0.25, 0.3) is 0 Å². The van der Waals surface area contributed by atoms with E-state index in [1.54, 1.807) is 13.0 Å². The van der Waals surface area contributed by atoms with Crippen molar-refractivity contribution in [3.05, 3.63) is 27.8 Å². The summed E-state index contributed by atoms with van der Waals surface area (Å²) in [7, 11) is -0.731. The van der Waals surface area contributed by atoms with E-state index in [9.17, 15) is 10.1 Å². The SMILES string of the molecule is Cc1cc(B2OC(C)(C)C(C)(C)O2)cc([N+](=O)[O-])c1N=C(N)N=C(N)N. The van der Waals surface area contributed by atoms with Gasteiger partial charge in [-0.05, 0) is 45.6 Å². The van der Waals surface area contributed by atoms with E-state index in [0.29, 0.717) is 11.0 Å². The van der Waals surface area contributed by atoms with E-state index in [2.05, 4.69) is 9.98 Å². The Morgan fingerprint density at radius 2 is 1.69 bits per heavy atom. The first-order valence-electron chi connectivity index (χ1n) is 7.92. The third kappa shape index (κ3) is 3.78. The molecule has 2 rings (SSSR count). The van der Waals surface area contributed by atoms with Crippen molar-refractivity contribution in [3.8, 4) is 0 Å². The minimum atomic E-state index is -0.731. The zero-order chi connectivity index (χ0) is 19.9. The standard InChI is InChI=1S/C15H23BN6O4/c1-8-6-9(16-25-14(2,3)15(4,5)26-16)7-10(22(23)24)11(8)20-13(19)21-12(17)18/h6-7H,1-5H3,(H6,17,18,19,20,21). The maximum atomic E-state index is 11.5. The van der Waals surface area contributed by atoms with Crippen LogP contribution in [0.5, 0.6) is 0 Å². The molecule has 26 heavy (non-hydrogen) atoms. The van der Waals surface area contributed by atoms with Crippen molar-refractivity contribution in [1.29, 1.82) is 0 Å². The van der Waals surface area contributed by atoms with Crippen LogP contribution in [0, 0.1) is 17.0 Å². The summed E-state index contributed by atoms with van der Waals surface area (Å²) in [6.07, 6.45) is 0. The van der Waals surface area contributed by atoms with Gasteiger partial charge in [0, 0.05) is 6.07 Å². The number of nitro benzene ring substituents is 1. The van der Waals surface area contributed by atoms with Crippen LogP contribution >= 0.6 is 0 Å². The Labute approximate surface area is 151 Å². The second-order valence-corrected chi connectivity index (χ2v) is 7.06. The van der Waals surface area contributed by atoms with Gasteiger partial charge in [0.05, 0.1) is 16.1 Å². The number of guanidine groups is 2. The van der Waals surface area contributed by atoms with Crippen LogP contribution in [-0.4, -0.2) is 35.2 Å². The molecule has 1 saturated heterocycles. The van der Waals surface area contributed by atoms with E-state index in [-0.39, 0.29) is 23.3 Å². The van der Waals surface area contributed by atoms with Crippen molar-refractivity contribution in [1.82, 2.24) is 0 Å². The normalized spacial score (nSPS) is 18.7. The van der Waals surface area contributed by atoms with Gasteiger partial charge in [0.25, 0.3) is 5.69 Å². The highest BCUT2D eigenvalue weighted by Crippen LogP contribution is 2.37. The zero-order valence-corrected chi connectivity index (χ0v) is 15.4. The van der Waals surface area contributed by atoms with Crippen LogP contribution in [0.1, 0.15) is 33.3 Å². The predicted octanol–water partition coefficient (Wildman–Crippen LogP) is 0.422. The van der Waals surface area contributed by atoms with Gasteiger partial charge in [0.2, 0.25) is 5.96 Å². The number of nitro groups is 1. The number of hydrogen-bond acceptors (Lipinski definition) is 5. The maximum absolute atomic E-state index is 11.5. The molecule has 1 heterocycles. The van der Waals surface area contributed by atoms with E-state index in [1.807, 2.05) is 27.7 Å². The molecular weight excluding hydrogens is 339 g/mol. The summed E-state index contributed by atoms with van der Waals surface area (Å²) in [6, 6.07) is 3.06. The Morgan fingerprint density at radius 1 is 1.15 bits per heavy atom. The third-order valence-electron chi connectivity index (χ3n) is 4.49. The summed E-state index contributed by atoms with van der Waals surface area (Å²) >= 11 is 0. The summed E-state index contributed by atoms with van der Waals surface area (Å²) in [4.78, 5) is 18.5.